The van der Waals surface area contributed by atoms with Crippen LogP contribution in [0.5, 0.6) is 0 Å². The number of nitrogens with one attached hydrogen (secondary N) is 1. The van der Waals surface area contributed by atoms with Crippen LogP contribution < -0.4 is 11.1 Å². The molecule has 0 radical (unpaired) electrons. The third kappa shape index (κ3) is 4.86. The molecule has 0 saturated heterocycles. The van der Waals surface area contributed by atoms with E-state index in [0.29, 0.717) is 11.1 Å². The van der Waals surface area contributed by atoms with Gasteiger partial charge in [0.15, 0.2) is 5.72 Å². The zero-order valence-electron chi connectivity index (χ0n) is 18.1. The molecule has 4 rings (SSSR count). The van der Waals surface area contributed by atoms with Crippen molar-refractivity contribution in [1.29, 1.82) is 0 Å². The Balaban J connectivity index is 1.85. The van der Waals surface area contributed by atoms with E-state index in [-0.39, 0.29) is 5.71 Å². The molecule has 0 aliphatic heterocycles. The maximum absolute atomic E-state index is 12.2. The number of nitrogens with two attached hydrogens (primary N) is 1. The molecule has 0 aromatic heterocycles. The van der Waals surface area contributed by atoms with Crippen molar-refractivity contribution in [3.63, 3.8) is 0 Å². The smallest absolute Gasteiger partial charge is 0.190 e. The highest BCUT2D eigenvalue weighted by Crippen LogP contribution is 2.33. The number of hydrogen-bond acceptors (Lipinski definition) is 5. The first-order valence-corrected chi connectivity index (χ1v) is 10.8. The van der Waals surface area contributed by atoms with Gasteiger partial charge in [-0.2, -0.15) is 0 Å². The standard InChI is InChI=1S/C28H27N3O2/c29-25(21-13-5-1-6-14-21)26(22-15-7-2-8-16-22)30-28(32,24-19-11-4-12-20-24)27(31-33)23-17-9-3-10-18-23/h1-20,25-26,30,32-33H,29H2/t25-,26-,28?/m0/s1. The van der Waals surface area contributed by atoms with Crippen molar-refractivity contribution in [2.45, 2.75) is 17.8 Å². The Morgan fingerprint density at radius 3 is 1.67 bits per heavy atom. The fourth-order valence-electron chi connectivity index (χ4n) is 4.04. The molecule has 5 nitrogen and oxygen atoms in total. The molecule has 5 heteroatoms. The lowest BCUT2D eigenvalue weighted by molar-refractivity contribution is 0.0512. The first kappa shape index (κ1) is 22.4. The largest absolute Gasteiger partial charge is 0.410 e. The number of aliphatic hydroxyl groups is 1. The molecular formula is C28H27N3O2. The lowest BCUT2D eigenvalue weighted by Crippen LogP contribution is -2.53. The van der Waals surface area contributed by atoms with Crippen molar-refractivity contribution in [2.24, 2.45) is 10.9 Å². The maximum Gasteiger partial charge on any atom is 0.190 e. The number of oxime groups is 1. The molecule has 0 fully saturated rings. The second kappa shape index (κ2) is 10.2. The van der Waals surface area contributed by atoms with Crippen LogP contribution in [0.4, 0.5) is 0 Å². The Labute approximate surface area is 193 Å². The summed E-state index contributed by atoms with van der Waals surface area (Å²) in [5, 5.41) is 29.1. The molecule has 0 bridgehead atoms. The molecule has 0 saturated carbocycles. The van der Waals surface area contributed by atoms with E-state index in [9.17, 15) is 10.3 Å². The van der Waals surface area contributed by atoms with Gasteiger partial charge in [0.1, 0.15) is 5.71 Å². The average molecular weight is 438 g/mol. The van der Waals surface area contributed by atoms with Gasteiger partial charge in [-0.3, -0.25) is 5.32 Å². The van der Waals surface area contributed by atoms with Crippen molar-refractivity contribution in [2.75, 3.05) is 0 Å². The van der Waals surface area contributed by atoms with Gasteiger partial charge in [0, 0.05) is 17.2 Å². The summed E-state index contributed by atoms with van der Waals surface area (Å²) in [4.78, 5) is 0. The lowest BCUT2D eigenvalue weighted by Gasteiger charge is -2.37. The predicted molar refractivity (Wildman–Crippen MR) is 131 cm³/mol. The van der Waals surface area contributed by atoms with Gasteiger partial charge in [-0.05, 0) is 11.1 Å². The van der Waals surface area contributed by atoms with Gasteiger partial charge in [-0.1, -0.05) is 126 Å². The highest BCUT2D eigenvalue weighted by atomic mass is 16.4. The van der Waals surface area contributed by atoms with Crippen LogP contribution in [-0.4, -0.2) is 16.0 Å². The van der Waals surface area contributed by atoms with Crippen LogP contribution in [0, 0.1) is 0 Å². The van der Waals surface area contributed by atoms with Gasteiger partial charge in [0.25, 0.3) is 0 Å². The Morgan fingerprint density at radius 1 is 0.697 bits per heavy atom. The summed E-state index contributed by atoms with van der Waals surface area (Å²) in [5.41, 5.74) is 7.93. The molecule has 166 valence electrons. The van der Waals surface area contributed by atoms with E-state index in [1.807, 2.05) is 97.1 Å². The van der Waals surface area contributed by atoms with Crippen molar-refractivity contribution >= 4 is 5.71 Å². The summed E-state index contributed by atoms with van der Waals surface area (Å²) in [5.74, 6) is 0. The Kier molecular flexibility index (Phi) is 6.95. The molecule has 33 heavy (non-hydrogen) atoms. The highest BCUT2D eigenvalue weighted by Gasteiger charge is 2.41. The fourth-order valence-corrected chi connectivity index (χ4v) is 4.04. The van der Waals surface area contributed by atoms with Gasteiger partial charge in [-0.25, -0.2) is 0 Å². The van der Waals surface area contributed by atoms with Gasteiger partial charge in [0.05, 0.1) is 6.04 Å². The molecule has 4 aromatic rings. The monoisotopic (exact) mass is 437 g/mol. The number of rotatable bonds is 8. The van der Waals surface area contributed by atoms with Crippen molar-refractivity contribution in [1.82, 2.24) is 5.32 Å². The maximum atomic E-state index is 12.2. The molecule has 1 unspecified atom stereocenters. The van der Waals surface area contributed by atoms with Crippen LogP contribution in [0.1, 0.15) is 34.3 Å². The summed E-state index contributed by atoms with van der Waals surface area (Å²) in [7, 11) is 0. The van der Waals surface area contributed by atoms with E-state index in [1.54, 1.807) is 24.3 Å². The summed E-state index contributed by atoms with van der Waals surface area (Å²) >= 11 is 0. The Hall–Kier alpha value is -3.77. The number of benzene rings is 4. The first-order valence-electron chi connectivity index (χ1n) is 10.8. The second-order valence-electron chi connectivity index (χ2n) is 7.86. The van der Waals surface area contributed by atoms with Crippen molar-refractivity contribution in [3.05, 3.63) is 144 Å². The quantitative estimate of drug-likeness (QED) is 0.139. The summed E-state index contributed by atoms with van der Waals surface area (Å²) in [6.07, 6.45) is 0. The molecule has 0 spiro atoms. The molecule has 5 N–H and O–H groups in total. The molecule has 0 amide bonds. The fraction of sp³-hybridized carbons (Fsp3) is 0.107. The van der Waals surface area contributed by atoms with E-state index in [4.69, 9.17) is 5.73 Å². The van der Waals surface area contributed by atoms with E-state index >= 15 is 0 Å². The van der Waals surface area contributed by atoms with Crippen LogP contribution in [0.15, 0.2) is 126 Å². The molecule has 0 aliphatic carbocycles. The highest BCUT2D eigenvalue weighted by molar-refractivity contribution is 6.06. The zero-order valence-corrected chi connectivity index (χ0v) is 18.1. The van der Waals surface area contributed by atoms with E-state index < -0.39 is 17.8 Å². The SMILES string of the molecule is N[C@@H](c1ccccc1)[C@@H](NC(O)(C(=NO)c1ccccc1)c1ccccc1)c1ccccc1. The lowest BCUT2D eigenvalue weighted by atomic mass is 9.88. The minimum absolute atomic E-state index is 0.0792. The van der Waals surface area contributed by atoms with E-state index in [0.717, 1.165) is 11.1 Å². The molecule has 3 atom stereocenters. The molecule has 0 aliphatic rings. The summed E-state index contributed by atoms with van der Waals surface area (Å²) in [6.45, 7) is 0. The summed E-state index contributed by atoms with van der Waals surface area (Å²) < 4.78 is 0. The third-order valence-electron chi connectivity index (χ3n) is 5.75. The molecule has 4 aromatic carbocycles. The average Bonchev–Trinajstić information content (AvgIpc) is 2.89. The van der Waals surface area contributed by atoms with Crippen molar-refractivity contribution in [3.8, 4) is 0 Å². The van der Waals surface area contributed by atoms with E-state index in [1.165, 1.54) is 0 Å². The van der Waals surface area contributed by atoms with Gasteiger partial charge >= 0.3 is 0 Å². The zero-order chi connectivity index (χ0) is 23.1. The molecule has 0 heterocycles. The van der Waals surface area contributed by atoms with Gasteiger partial charge in [-0.15, -0.1) is 0 Å². The summed E-state index contributed by atoms with van der Waals surface area (Å²) in [6, 6.07) is 36.7. The third-order valence-corrected chi connectivity index (χ3v) is 5.75. The normalized spacial score (nSPS) is 15.4. The minimum Gasteiger partial charge on any atom is -0.410 e. The first-order chi connectivity index (χ1) is 16.1. The van der Waals surface area contributed by atoms with Crippen molar-refractivity contribution < 1.29 is 10.3 Å². The van der Waals surface area contributed by atoms with Crippen LogP contribution >= 0.6 is 0 Å². The van der Waals surface area contributed by atoms with Crippen LogP contribution in [0.25, 0.3) is 0 Å². The van der Waals surface area contributed by atoms with Gasteiger partial charge in [0.2, 0.25) is 0 Å². The molecular weight excluding hydrogens is 410 g/mol. The van der Waals surface area contributed by atoms with E-state index in [2.05, 4.69) is 10.5 Å². The Morgan fingerprint density at radius 2 is 1.15 bits per heavy atom. The Bertz CT molecular complexity index is 1170. The number of nitrogens with zero attached hydrogens (tertiary/aromatic N) is 1. The van der Waals surface area contributed by atoms with Crippen LogP contribution in [-0.2, 0) is 5.72 Å². The topological polar surface area (TPSA) is 90.9 Å². The predicted octanol–water partition coefficient (Wildman–Crippen LogP) is 4.74. The minimum atomic E-state index is -1.83. The van der Waals surface area contributed by atoms with Gasteiger partial charge < -0.3 is 16.0 Å². The number of hydrogen-bond donors (Lipinski definition) is 4. The second-order valence-corrected chi connectivity index (χ2v) is 7.86. The van der Waals surface area contributed by atoms with Crippen LogP contribution in [0.2, 0.25) is 0 Å². The van der Waals surface area contributed by atoms with Crippen LogP contribution in [0.3, 0.4) is 0 Å².